The molecule has 2 atom stereocenters. The maximum Gasteiger partial charge on any atom is 0.254 e. The SMILES string of the molecule is CCC[C@@H](NC(=O)[C@@H]1OCCc2ccccc21)c1nn[nH]n1. The van der Waals surface area contributed by atoms with Crippen LogP contribution in [0.25, 0.3) is 0 Å². The molecule has 1 amide bonds. The second-order valence-corrected chi connectivity index (χ2v) is 5.32. The number of benzene rings is 1. The first-order valence-corrected chi connectivity index (χ1v) is 7.52. The number of aromatic amines is 1. The van der Waals surface area contributed by atoms with Crippen molar-refractivity contribution in [1.82, 2.24) is 25.9 Å². The standard InChI is InChI=1S/C15H19N5O2/c1-2-5-12(14-17-19-20-18-14)16-15(21)13-11-7-4-3-6-10(11)8-9-22-13/h3-4,6-7,12-13H,2,5,8-9H2,1H3,(H,16,21)(H,17,18,19,20)/t12-,13-/m1/s1. The van der Waals surface area contributed by atoms with Crippen molar-refractivity contribution < 1.29 is 9.53 Å². The number of tetrazole rings is 1. The molecule has 0 radical (unpaired) electrons. The van der Waals surface area contributed by atoms with Gasteiger partial charge >= 0.3 is 0 Å². The number of ether oxygens (including phenoxy) is 1. The van der Waals surface area contributed by atoms with Crippen LogP contribution in [0.2, 0.25) is 0 Å². The van der Waals surface area contributed by atoms with Crippen molar-refractivity contribution in [3.8, 4) is 0 Å². The molecule has 0 saturated heterocycles. The molecule has 0 unspecified atom stereocenters. The van der Waals surface area contributed by atoms with Crippen LogP contribution in [0.4, 0.5) is 0 Å². The van der Waals surface area contributed by atoms with Gasteiger partial charge in [0.2, 0.25) is 0 Å². The van der Waals surface area contributed by atoms with E-state index in [4.69, 9.17) is 4.74 Å². The number of nitrogens with one attached hydrogen (secondary N) is 2. The number of amides is 1. The molecule has 0 fully saturated rings. The van der Waals surface area contributed by atoms with Crippen molar-refractivity contribution in [3.63, 3.8) is 0 Å². The maximum absolute atomic E-state index is 12.6. The van der Waals surface area contributed by atoms with Crippen molar-refractivity contribution in [2.45, 2.75) is 38.3 Å². The molecule has 2 N–H and O–H groups in total. The summed E-state index contributed by atoms with van der Waals surface area (Å²) in [6.07, 6.45) is 1.92. The minimum Gasteiger partial charge on any atom is -0.363 e. The summed E-state index contributed by atoms with van der Waals surface area (Å²) in [5, 5.41) is 16.9. The molecule has 22 heavy (non-hydrogen) atoms. The summed E-state index contributed by atoms with van der Waals surface area (Å²) < 4.78 is 5.69. The number of hydrogen-bond acceptors (Lipinski definition) is 5. The van der Waals surface area contributed by atoms with Gasteiger partial charge in [-0.2, -0.15) is 5.21 Å². The van der Waals surface area contributed by atoms with Gasteiger partial charge in [-0.25, -0.2) is 0 Å². The van der Waals surface area contributed by atoms with Crippen LogP contribution in [0.5, 0.6) is 0 Å². The summed E-state index contributed by atoms with van der Waals surface area (Å²) in [5.41, 5.74) is 2.11. The lowest BCUT2D eigenvalue weighted by atomic mass is 9.97. The summed E-state index contributed by atoms with van der Waals surface area (Å²) in [6.45, 7) is 2.60. The zero-order valence-corrected chi connectivity index (χ0v) is 12.5. The fraction of sp³-hybridized carbons (Fsp3) is 0.467. The number of hydrogen-bond donors (Lipinski definition) is 2. The second kappa shape index (κ2) is 6.65. The first-order chi connectivity index (χ1) is 10.8. The fourth-order valence-electron chi connectivity index (χ4n) is 2.73. The first kappa shape index (κ1) is 14.6. The molecule has 0 aliphatic carbocycles. The van der Waals surface area contributed by atoms with Gasteiger partial charge in [0.05, 0.1) is 12.6 Å². The van der Waals surface area contributed by atoms with E-state index in [-0.39, 0.29) is 11.9 Å². The van der Waals surface area contributed by atoms with Gasteiger partial charge in [0.1, 0.15) is 0 Å². The Balaban J connectivity index is 1.77. The normalized spacial score (nSPS) is 18.5. The third-order valence-electron chi connectivity index (χ3n) is 3.80. The van der Waals surface area contributed by atoms with Crippen LogP contribution in [0.15, 0.2) is 24.3 Å². The molecule has 0 spiro atoms. The molecule has 116 valence electrons. The van der Waals surface area contributed by atoms with Crippen LogP contribution in [-0.2, 0) is 16.0 Å². The van der Waals surface area contributed by atoms with E-state index >= 15 is 0 Å². The Hall–Kier alpha value is -2.28. The second-order valence-electron chi connectivity index (χ2n) is 5.32. The average Bonchev–Trinajstić information content (AvgIpc) is 3.08. The Morgan fingerprint density at radius 3 is 3.14 bits per heavy atom. The zero-order valence-electron chi connectivity index (χ0n) is 12.5. The van der Waals surface area contributed by atoms with Crippen molar-refractivity contribution in [2.75, 3.05) is 6.61 Å². The van der Waals surface area contributed by atoms with Gasteiger partial charge in [-0.05, 0) is 24.0 Å². The molecule has 7 nitrogen and oxygen atoms in total. The molecule has 2 aromatic rings. The molecule has 2 heterocycles. The molecule has 0 saturated carbocycles. The predicted octanol–water partition coefficient (Wildman–Crippen LogP) is 1.47. The van der Waals surface area contributed by atoms with Gasteiger partial charge in [-0.1, -0.05) is 42.8 Å². The topological polar surface area (TPSA) is 92.8 Å². The van der Waals surface area contributed by atoms with Gasteiger partial charge in [-0.3, -0.25) is 4.79 Å². The van der Waals surface area contributed by atoms with Crippen LogP contribution >= 0.6 is 0 Å². The number of carbonyl (C=O) groups is 1. The van der Waals surface area contributed by atoms with Crippen LogP contribution in [0.3, 0.4) is 0 Å². The van der Waals surface area contributed by atoms with Gasteiger partial charge in [0.15, 0.2) is 11.9 Å². The van der Waals surface area contributed by atoms with Gasteiger partial charge in [-0.15, -0.1) is 10.2 Å². The van der Waals surface area contributed by atoms with Crippen LogP contribution in [0, 0.1) is 0 Å². The summed E-state index contributed by atoms with van der Waals surface area (Å²) in [6, 6.07) is 7.64. The summed E-state index contributed by atoms with van der Waals surface area (Å²) in [7, 11) is 0. The van der Waals surface area contributed by atoms with E-state index in [1.54, 1.807) is 0 Å². The Labute approximate surface area is 128 Å². The van der Waals surface area contributed by atoms with Crippen molar-refractivity contribution in [1.29, 1.82) is 0 Å². The molecule has 0 bridgehead atoms. The first-order valence-electron chi connectivity index (χ1n) is 7.52. The monoisotopic (exact) mass is 301 g/mol. The summed E-state index contributed by atoms with van der Waals surface area (Å²) in [4.78, 5) is 12.6. The van der Waals surface area contributed by atoms with Gasteiger partial charge in [0.25, 0.3) is 5.91 Å². The van der Waals surface area contributed by atoms with Crippen LogP contribution in [0.1, 0.15) is 48.9 Å². The smallest absolute Gasteiger partial charge is 0.254 e. The van der Waals surface area contributed by atoms with Crippen molar-refractivity contribution >= 4 is 5.91 Å². The maximum atomic E-state index is 12.6. The largest absolute Gasteiger partial charge is 0.363 e. The van der Waals surface area contributed by atoms with Crippen molar-refractivity contribution in [3.05, 3.63) is 41.2 Å². The third kappa shape index (κ3) is 2.99. The van der Waals surface area contributed by atoms with Crippen molar-refractivity contribution in [2.24, 2.45) is 0 Å². The highest BCUT2D eigenvalue weighted by Gasteiger charge is 2.29. The molecule has 1 aliphatic rings. The molecule has 1 aliphatic heterocycles. The number of nitrogens with zero attached hydrogens (tertiary/aromatic N) is 3. The predicted molar refractivity (Wildman–Crippen MR) is 78.8 cm³/mol. The quantitative estimate of drug-likeness (QED) is 0.872. The molecule has 3 rings (SSSR count). The molecule has 1 aromatic carbocycles. The van der Waals surface area contributed by atoms with E-state index in [1.165, 1.54) is 5.56 Å². The Bertz CT molecular complexity index is 629. The fourth-order valence-corrected chi connectivity index (χ4v) is 2.73. The Morgan fingerprint density at radius 2 is 2.36 bits per heavy atom. The number of fused-ring (bicyclic) bond motifs is 1. The van der Waals surface area contributed by atoms with Gasteiger partial charge in [0, 0.05) is 0 Å². The lowest BCUT2D eigenvalue weighted by Gasteiger charge is -2.26. The van der Waals surface area contributed by atoms with E-state index in [0.29, 0.717) is 12.4 Å². The lowest BCUT2D eigenvalue weighted by molar-refractivity contribution is -0.135. The van der Waals surface area contributed by atoms with Gasteiger partial charge < -0.3 is 10.1 Å². The molecular formula is C15H19N5O2. The zero-order chi connectivity index (χ0) is 15.4. The lowest BCUT2D eigenvalue weighted by Crippen LogP contribution is -2.36. The summed E-state index contributed by atoms with van der Waals surface area (Å²) in [5.74, 6) is 0.342. The van der Waals surface area contributed by atoms with Crippen LogP contribution < -0.4 is 5.32 Å². The number of aromatic nitrogens is 4. The Kier molecular flexibility index (Phi) is 4.43. The van der Waals surface area contributed by atoms with E-state index in [1.807, 2.05) is 31.2 Å². The molecule has 1 aromatic heterocycles. The number of H-pyrrole nitrogens is 1. The number of rotatable bonds is 5. The minimum absolute atomic E-state index is 0.157. The minimum atomic E-state index is -0.573. The highest BCUT2D eigenvalue weighted by Crippen LogP contribution is 2.28. The molecular weight excluding hydrogens is 282 g/mol. The summed E-state index contributed by atoms with van der Waals surface area (Å²) >= 11 is 0. The Morgan fingerprint density at radius 1 is 1.50 bits per heavy atom. The molecule has 7 heteroatoms. The van der Waals surface area contributed by atoms with E-state index in [0.717, 1.165) is 24.8 Å². The number of carbonyl (C=O) groups excluding carboxylic acids is 1. The van der Waals surface area contributed by atoms with E-state index in [9.17, 15) is 4.79 Å². The van der Waals surface area contributed by atoms with Crippen LogP contribution in [-0.4, -0.2) is 33.1 Å². The highest BCUT2D eigenvalue weighted by molar-refractivity contribution is 5.83. The highest BCUT2D eigenvalue weighted by atomic mass is 16.5. The third-order valence-corrected chi connectivity index (χ3v) is 3.80. The van der Waals surface area contributed by atoms with E-state index < -0.39 is 6.10 Å². The average molecular weight is 301 g/mol. The van der Waals surface area contributed by atoms with E-state index in [2.05, 4.69) is 25.9 Å².